The zero-order valence-electron chi connectivity index (χ0n) is 22.8. The standard InChI is InChI=1S/2C13H21NO2S.Zn/c2*1-5-6-7-8-10-11(15)13(17)12(16-4)9(2)14(10)3;/h2*15H,5-8H2,1-4H3;. The van der Waals surface area contributed by atoms with Crippen molar-refractivity contribution in [1.29, 1.82) is 0 Å². The van der Waals surface area contributed by atoms with E-state index >= 15 is 0 Å². The number of nitrogens with zero attached hydrogens (tertiary/aromatic N) is 2. The molecule has 0 spiro atoms. The van der Waals surface area contributed by atoms with Crippen LogP contribution in [-0.4, -0.2) is 33.6 Å². The minimum Gasteiger partial charge on any atom is -0.505 e. The molecule has 0 fully saturated rings. The Morgan fingerprint density at radius 2 is 1.00 bits per heavy atom. The van der Waals surface area contributed by atoms with E-state index < -0.39 is 0 Å². The maximum atomic E-state index is 10.1. The van der Waals surface area contributed by atoms with E-state index in [0.29, 0.717) is 20.5 Å². The Kier molecular flexibility index (Phi) is 15.7. The molecule has 0 bridgehead atoms. The van der Waals surface area contributed by atoms with E-state index in [-0.39, 0.29) is 31.0 Å². The van der Waals surface area contributed by atoms with Gasteiger partial charge in [0.15, 0.2) is 23.0 Å². The molecular formula is C26H42N2O4S2Zn. The number of unbranched alkanes of at least 4 members (excludes halogenated alkanes) is 4. The molecule has 194 valence electrons. The Morgan fingerprint density at radius 3 is 1.26 bits per heavy atom. The van der Waals surface area contributed by atoms with Crippen LogP contribution in [0.1, 0.15) is 75.1 Å². The van der Waals surface area contributed by atoms with Crippen LogP contribution in [0.25, 0.3) is 0 Å². The summed E-state index contributed by atoms with van der Waals surface area (Å²) < 4.78 is 15.3. The summed E-state index contributed by atoms with van der Waals surface area (Å²) in [6.07, 6.45) is 8.50. The van der Waals surface area contributed by atoms with Crippen LogP contribution in [0, 0.1) is 22.9 Å². The molecule has 2 aromatic rings. The Balaban J connectivity index is 0.000000642. The summed E-state index contributed by atoms with van der Waals surface area (Å²) in [4.78, 5) is 0. The van der Waals surface area contributed by atoms with Crippen LogP contribution in [0.2, 0.25) is 0 Å². The maximum absolute atomic E-state index is 10.1. The monoisotopic (exact) mass is 574 g/mol. The van der Waals surface area contributed by atoms with Crippen molar-refractivity contribution < 1.29 is 39.2 Å². The van der Waals surface area contributed by atoms with Crippen molar-refractivity contribution in [1.82, 2.24) is 9.13 Å². The maximum Gasteiger partial charge on any atom is 0.159 e. The van der Waals surface area contributed by atoms with Crippen LogP contribution in [0.5, 0.6) is 23.0 Å². The minimum absolute atomic E-state index is 0. The summed E-state index contributed by atoms with van der Waals surface area (Å²) >= 11 is 10.4. The van der Waals surface area contributed by atoms with E-state index in [1.165, 1.54) is 12.8 Å². The van der Waals surface area contributed by atoms with Gasteiger partial charge in [-0.15, -0.1) is 0 Å². The zero-order chi connectivity index (χ0) is 26.0. The van der Waals surface area contributed by atoms with Gasteiger partial charge in [0, 0.05) is 33.6 Å². The number of methoxy groups -OCH3 is 2. The van der Waals surface area contributed by atoms with Gasteiger partial charge in [0.2, 0.25) is 0 Å². The average molecular weight is 576 g/mol. The number of aromatic hydroxyl groups is 2. The van der Waals surface area contributed by atoms with Crippen molar-refractivity contribution in [3.05, 3.63) is 31.8 Å². The first-order valence-corrected chi connectivity index (χ1v) is 12.8. The van der Waals surface area contributed by atoms with E-state index in [4.69, 9.17) is 33.9 Å². The second-order valence-corrected chi connectivity index (χ2v) is 9.33. The van der Waals surface area contributed by atoms with Gasteiger partial charge in [-0.1, -0.05) is 64.0 Å². The molecule has 0 atom stereocenters. The third kappa shape index (κ3) is 8.29. The average Bonchev–Trinajstić information content (AvgIpc) is 2.82. The molecule has 9 heteroatoms. The molecule has 0 radical (unpaired) electrons. The summed E-state index contributed by atoms with van der Waals surface area (Å²) in [5, 5.41) is 20.2. The summed E-state index contributed by atoms with van der Waals surface area (Å²) in [5.41, 5.74) is 3.73. The molecule has 0 amide bonds. The topological polar surface area (TPSA) is 68.8 Å². The van der Waals surface area contributed by atoms with Crippen molar-refractivity contribution in [3.8, 4) is 23.0 Å². The third-order valence-electron chi connectivity index (χ3n) is 6.31. The molecule has 2 rings (SSSR count). The largest absolute Gasteiger partial charge is 0.505 e. The summed E-state index contributed by atoms with van der Waals surface area (Å²) in [6, 6.07) is 0. The van der Waals surface area contributed by atoms with Gasteiger partial charge in [0.25, 0.3) is 0 Å². The molecule has 0 aliphatic rings. The van der Waals surface area contributed by atoms with Gasteiger partial charge in [-0.3, -0.25) is 0 Å². The van der Waals surface area contributed by atoms with Crippen molar-refractivity contribution >= 4 is 24.4 Å². The SMILES string of the molecule is CCCCCc1c(O)c(=S)c(OC)c(C)n1C.CCCCCc1c(O)c(=S)c(OC)c(C)n1C.[Zn]. The van der Waals surface area contributed by atoms with Crippen LogP contribution in [0.4, 0.5) is 0 Å². The minimum atomic E-state index is 0. The first-order chi connectivity index (χ1) is 16.1. The number of pyridine rings is 2. The molecule has 0 aliphatic heterocycles. The van der Waals surface area contributed by atoms with Crippen molar-refractivity contribution in [2.45, 2.75) is 79.1 Å². The summed E-state index contributed by atoms with van der Waals surface area (Å²) in [6.45, 7) is 8.24. The van der Waals surface area contributed by atoms with Crippen LogP contribution in [0.3, 0.4) is 0 Å². The number of hydrogen-bond acceptors (Lipinski definition) is 6. The Morgan fingerprint density at radius 1 is 0.686 bits per heavy atom. The molecule has 2 N–H and O–H groups in total. The third-order valence-corrected chi connectivity index (χ3v) is 7.06. The van der Waals surface area contributed by atoms with E-state index in [9.17, 15) is 10.2 Å². The predicted molar refractivity (Wildman–Crippen MR) is 145 cm³/mol. The van der Waals surface area contributed by atoms with E-state index in [1.54, 1.807) is 14.2 Å². The fourth-order valence-electron chi connectivity index (χ4n) is 3.97. The fraction of sp³-hybridized carbons (Fsp3) is 0.615. The van der Waals surface area contributed by atoms with Crippen LogP contribution >= 0.6 is 24.4 Å². The molecule has 0 saturated heterocycles. The summed E-state index contributed by atoms with van der Waals surface area (Å²) in [7, 11) is 7.03. The molecule has 2 heterocycles. The molecule has 0 saturated carbocycles. The molecule has 6 nitrogen and oxygen atoms in total. The number of hydrogen-bond donors (Lipinski definition) is 2. The van der Waals surface area contributed by atoms with Crippen LogP contribution in [-0.2, 0) is 46.4 Å². The quantitative estimate of drug-likeness (QED) is 0.180. The van der Waals surface area contributed by atoms with Gasteiger partial charge in [-0.2, -0.15) is 0 Å². The first-order valence-electron chi connectivity index (χ1n) is 12.0. The van der Waals surface area contributed by atoms with E-state index in [0.717, 1.165) is 61.3 Å². The van der Waals surface area contributed by atoms with E-state index in [2.05, 4.69) is 13.8 Å². The molecule has 0 aromatic carbocycles. The van der Waals surface area contributed by atoms with Gasteiger partial charge in [0.05, 0.1) is 37.0 Å². The van der Waals surface area contributed by atoms with Gasteiger partial charge < -0.3 is 28.8 Å². The second-order valence-electron chi connectivity index (χ2n) is 8.52. The van der Waals surface area contributed by atoms with Crippen molar-refractivity contribution in [2.75, 3.05) is 14.2 Å². The van der Waals surface area contributed by atoms with Crippen LogP contribution < -0.4 is 9.47 Å². The van der Waals surface area contributed by atoms with E-state index in [1.807, 2.05) is 37.1 Å². The Hall–Kier alpha value is -1.44. The Bertz CT molecular complexity index is 995. The molecule has 2 aromatic heterocycles. The second kappa shape index (κ2) is 16.3. The Labute approximate surface area is 234 Å². The first kappa shape index (κ1) is 33.6. The van der Waals surface area contributed by atoms with Gasteiger partial charge in [0.1, 0.15) is 9.02 Å². The number of ether oxygens (including phenoxy) is 2. The summed E-state index contributed by atoms with van der Waals surface area (Å²) in [5.74, 6) is 1.58. The normalized spacial score (nSPS) is 10.3. The van der Waals surface area contributed by atoms with Crippen molar-refractivity contribution in [3.63, 3.8) is 0 Å². The van der Waals surface area contributed by atoms with Crippen LogP contribution in [0.15, 0.2) is 0 Å². The van der Waals surface area contributed by atoms with Crippen molar-refractivity contribution in [2.24, 2.45) is 14.1 Å². The zero-order valence-corrected chi connectivity index (χ0v) is 27.4. The van der Waals surface area contributed by atoms with Gasteiger partial charge >= 0.3 is 0 Å². The number of aromatic nitrogens is 2. The fourth-order valence-corrected chi connectivity index (χ4v) is 4.67. The smallest absolute Gasteiger partial charge is 0.159 e. The predicted octanol–water partition coefficient (Wildman–Crippen LogP) is 7.02. The van der Waals surface area contributed by atoms with Gasteiger partial charge in [-0.05, 0) is 39.5 Å². The molecular weight excluding hydrogens is 534 g/mol. The molecule has 35 heavy (non-hydrogen) atoms. The molecule has 0 unspecified atom stereocenters. The number of rotatable bonds is 10. The molecule has 0 aliphatic carbocycles. The van der Waals surface area contributed by atoms with Gasteiger partial charge in [-0.25, -0.2) is 0 Å².